The molecule has 34 heavy (non-hydrogen) atoms. The molecular weight excluding hydrogens is 438 g/mol. The molecule has 0 spiro atoms. The fourth-order valence-electron chi connectivity index (χ4n) is 4.01. The van der Waals surface area contributed by atoms with Crippen LogP contribution in [-0.2, 0) is 0 Å². The number of fused-ring (bicyclic) bond motifs is 1. The van der Waals surface area contributed by atoms with Crippen molar-refractivity contribution in [1.82, 2.24) is 4.98 Å². The van der Waals surface area contributed by atoms with Crippen LogP contribution in [0.1, 0.15) is 26.4 Å². The maximum atomic E-state index is 13.2. The molecule has 3 N–H and O–H groups in total. The lowest BCUT2D eigenvalue weighted by Gasteiger charge is -2.10. The summed E-state index contributed by atoms with van der Waals surface area (Å²) >= 11 is 1.33. The number of carbonyl (C=O) groups is 1. The second kappa shape index (κ2) is 8.76. The van der Waals surface area contributed by atoms with Crippen LogP contribution in [0, 0.1) is 20.8 Å². The molecule has 0 saturated heterocycles. The number of nitrogens with one attached hydrogen (secondary N) is 1. The van der Waals surface area contributed by atoms with Crippen LogP contribution < -0.4 is 11.1 Å². The van der Waals surface area contributed by atoms with Gasteiger partial charge >= 0.3 is 0 Å². The highest BCUT2D eigenvalue weighted by Gasteiger charge is 2.22. The summed E-state index contributed by atoms with van der Waals surface area (Å²) in [6.07, 6.45) is 0. The number of pyridine rings is 1. The lowest BCUT2D eigenvalue weighted by Crippen LogP contribution is -2.12. The first-order chi connectivity index (χ1) is 16.4. The van der Waals surface area contributed by atoms with E-state index in [0.29, 0.717) is 10.6 Å². The third kappa shape index (κ3) is 4.06. The van der Waals surface area contributed by atoms with Gasteiger partial charge in [0.2, 0.25) is 0 Å². The highest BCUT2D eigenvalue weighted by molar-refractivity contribution is 7.21. The summed E-state index contributed by atoms with van der Waals surface area (Å²) in [5.41, 5.74) is 15.1. The monoisotopic (exact) mass is 463 g/mol. The summed E-state index contributed by atoms with van der Waals surface area (Å²) in [5.74, 6) is -0.221. The molecule has 1 amide bonds. The molecule has 5 aromatic rings. The minimum absolute atomic E-state index is 0.221. The summed E-state index contributed by atoms with van der Waals surface area (Å²) in [5, 5.41) is 3.83. The number of aryl methyl sites for hydroxylation is 3. The number of para-hydroxylation sites is 1. The molecule has 0 aliphatic carbocycles. The molecule has 5 rings (SSSR count). The molecule has 2 heterocycles. The zero-order valence-electron chi connectivity index (χ0n) is 19.3. The highest BCUT2D eigenvalue weighted by atomic mass is 32.1. The van der Waals surface area contributed by atoms with E-state index in [1.165, 1.54) is 22.5 Å². The summed E-state index contributed by atoms with van der Waals surface area (Å²) in [6.45, 7) is 6.10. The second-order valence-corrected chi connectivity index (χ2v) is 9.58. The van der Waals surface area contributed by atoms with E-state index < -0.39 is 0 Å². The predicted molar refractivity (Wildman–Crippen MR) is 144 cm³/mol. The van der Waals surface area contributed by atoms with E-state index in [2.05, 4.69) is 73.8 Å². The number of carbonyl (C=O) groups excluding carboxylic acids is 1. The van der Waals surface area contributed by atoms with Crippen LogP contribution in [0.4, 0.5) is 11.4 Å². The minimum Gasteiger partial charge on any atom is -0.397 e. The summed E-state index contributed by atoms with van der Waals surface area (Å²) in [4.78, 5) is 19.4. The number of thiophene rings is 1. The van der Waals surface area contributed by atoms with Crippen LogP contribution in [0.5, 0.6) is 0 Å². The van der Waals surface area contributed by atoms with E-state index in [-0.39, 0.29) is 5.91 Å². The Morgan fingerprint density at radius 1 is 0.853 bits per heavy atom. The molecule has 2 aromatic heterocycles. The number of anilines is 2. The van der Waals surface area contributed by atoms with Gasteiger partial charge in [-0.1, -0.05) is 77.9 Å². The molecule has 0 saturated carbocycles. The number of hydrogen-bond acceptors (Lipinski definition) is 4. The second-order valence-electron chi connectivity index (χ2n) is 8.58. The normalized spacial score (nSPS) is 11.0. The standard InChI is InChI=1S/C29H25N3OS/c1-17-8-12-20(13-9-17)22-16-24(21-14-10-18(2)11-15-21)32-29-25(22)26(30)27(34-29)28(33)31-23-7-5-4-6-19(23)3/h4-16H,30H2,1-3H3,(H,31,33). The van der Waals surface area contributed by atoms with Crippen molar-refractivity contribution >= 4 is 38.8 Å². The summed E-state index contributed by atoms with van der Waals surface area (Å²) in [7, 11) is 0. The van der Waals surface area contributed by atoms with Gasteiger partial charge in [-0.25, -0.2) is 4.98 Å². The third-order valence-electron chi connectivity index (χ3n) is 6.01. The first-order valence-electron chi connectivity index (χ1n) is 11.1. The molecule has 0 aliphatic rings. The maximum absolute atomic E-state index is 13.2. The van der Waals surface area contributed by atoms with Crippen LogP contribution in [-0.4, -0.2) is 10.9 Å². The van der Waals surface area contributed by atoms with Crippen molar-refractivity contribution in [3.63, 3.8) is 0 Å². The van der Waals surface area contributed by atoms with Gasteiger partial charge in [-0.3, -0.25) is 4.79 Å². The fraction of sp³-hybridized carbons (Fsp3) is 0.103. The quantitative estimate of drug-likeness (QED) is 0.292. The third-order valence-corrected chi connectivity index (χ3v) is 7.11. The molecule has 0 unspecified atom stereocenters. The first kappa shape index (κ1) is 21.9. The summed E-state index contributed by atoms with van der Waals surface area (Å²) in [6, 6.07) is 26.4. The van der Waals surface area contributed by atoms with Gasteiger partial charge in [0.25, 0.3) is 5.91 Å². The van der Waals surface area contributed by atoms with E-state index in [1.54, 1.807) is 0 Å². The van der Waals surface area contributed by atoms with Crippen molar-refractivity contribution in [3.8, 4) is 22.4 Å². The average Bonchev–Trinajstić information content (AvgIpc) is 3.17. The topological polar surface area (TPSA) is 68.0 Å². The van der Waals surface area contributed by atoms with E-state index in [0.717, 1.165) is 43.9 Å². The zero-order chi connectivity index (χ0) is 23.8. The number of rotatable bonds is 4. The van der Waals surface area contributed by atoms with E-state index >= 15 is 0 Å². The number of nitrogens with zero attached hydrogens (tertiary/aromatic N) is 1. The Labute approximate surface area is 203 Å². The van der Waals surface area contributed by atoms with Crippen molar-refractivity contribution in [1.29, 1.82) is 0 Å². The van der Waals surface area contributed by atoms with Gasteiger partial charge in [-0.15, -0.1) is 11.3 Å². The number of nitrogens with two attached hydrogens (primary N) is 1. The molecule has 0 fully saturated rings. The Hall–Kier alpha value is -3.96. The van der Waals surface area contributed by atoms with E-state index in [1.807, 2.05) is 31.2 Å². The maximum Gasteiger partial charge on any atom is 0.267 e. The van der Waals surface area contributed by atoms with Gasteiger partial charge in [0.15, 0.2) is 0 Å². The van der Waals surface area contributed by atoms with Gasteiger partial charge in [0.05, 0.1) is 11.4 Å². The molecule has 0 radical (unpaired) electrons. The van der Waals surface area contributed by atoms with Gasteiger partial charge in [0.1, 0.15) is 9.71 Å². The molecule has 3 aromatic carbocycles. The molecular formula is C29H25N3OS. The zero-order valence-corrected chi connectivity index (χ0v) is 20.2. The number of nitrogen functional groups attached to an aromatic ring is 1. The highest BCUT2D eigenvalue weighted by Crippen LogP contribution is 2.41. The minimum atomic E-state index is -0.221. The van der Waals surface area contributed by atoms with Crippen LogP contribution in [0.25, 0.3) is 32.6 Å². The van der Waals surface area contributed by atoms with Crippen LogP contribution >= 0.6 is 11.3 Å². The lowest BCUT2D eigenvalue weighted by molar-refractivity contribution is 0.103. The number of benzene rings is 3. The number of hydrogen-bond donors (Lipinski definition) is 2. The number of amides is 1. The Bertz CT molecular complexity index is 1520. The lowest BCUT2D eigenvalue weighted by atomic mass is 9.98. The van der Waals surface area contributed by atoms with Crippen LogP contribution in [0.2, 0.25) is 0 Å². The van der Waals surface area contributed by atoms with Gasteiger partial charge in [-0.2, -0.15) is 0 Å². The predicted octanol–water partition coefficient (Wildman–Crippen LogP) is 7.39. The Kier molecular flexibility index (Phi) is 5.64. The molecule has 0 aliphatic heterocycles. The average molecular weight is 464 g/mol. The molecule has 0 atom stereocenters. The van der Waals surface area contributed by atoms with E-state index in [9.17, 15) is 4.79 Å². The van der Waals surface area contributed by atoms with Crippen molar-refractivity contribution in [2.45, 2.75) is 20.8 Å². The largest absolute Gasteiger partial charge is 0.397 e. The fourth-order valence-corrected chi connectivity index (χ4v) is 5.03. The van der Waals surface area contributed by atoms with E-state index in [4.69, 9.17) is 10.7 Å². The number of aromatic nitrogens is 1. The van der Waals surface area contributed by atoms with Crippen LogP contribution in [0.3, 0.4) is 0 Å². The SMILES string of the molecule is Cc1ccc(-c2cc(-c3ccc(C)cc3)c3c(N)c(C(=O)Nc4ccccc4C)sc3n2)cc1. The molecule has 5 heteroatoms. The Morgan fingerprint density at radius 2 is 1.47 bits per heavy atom. The van der Waals surface area contributed by atoms with Crippen molar-refractivity contribution < 1.29 is 4.79 Å². The molecule has 0 bridgehead atoms. The molecule has 4 nitrogen and oxygen atoms in total. The van der Waals surface area contributed by atoms with Gasteiger partial charge < -0.3 is 11.1 Å². The van der Waals surface area contributed by atoms with Crippen LogP contribution in [0.15, 0.2) is 78.9 Å². The first-order valence-corrected chi connectivity index (χ1v) is 12.0. The Balaban J connectivity index is 1.68. The summed E-state index contributed by atoms with van der Waals surface area (Å²) < 4.78 is 0. The smallest absolute Gasteiger partial charge is 0.267 e. The Morgan fingerprint density at radius 3 is 2.12 bits per heavy atom. The van der Waals surface area contributed by atoms with Gasteiger partial charge in [-0.05, 0) is 49.6 Å². The van der Waals surface area contributed by atoms with Gasteiger partial charge in [0, 0.05) is 16.6 Å². The van der Waals surface area contributed by atoms with Crippen molar-refractivity contribution in [2.24, 2.45) is 0 Å². The molecule has 168 valence electrons. The van der Waals surface area contributed by atoms with Crippen molar-refractivity contribution in [3.05, 3.63) is 100 Å². The van der Waals surface area contributed by atoms with Crippen molar-refractivity contribution in [2.75, 3.05) is 11.1 Å².